The number of hydrogen-bond donors (Lipinski definition) is 2. The average Bonchev–Trinajstić information content (AvgIpc) is 2.72. The smallest absolute Gasteiger partial charge is 0.413 e. The third-order valence-corrected chi connectivity index (χ3v) is 5.18. The van der Waals surface area contributed by atoms with E-state index in [0.717, 1.165) is 17.0 Å². The highest BCUT2D eigenvalue weighted by Crippen LogP contribution is 2.30. The van der Waals surface area contributed by atoms with E-state index >= 15 is 0 Å². The number of anilines is 1. The lowest BCUT2D eigenvalue weighted by atomic mass is 10.1. The van der Waals surface area contributed by atoms with Crippen LogP contribution < -0.4 is 15.2 Å². The van der Waals surface area contributed by atoms with Gasteiger partial charge in [0.2, 0.25) is 5.95 Å². The molecule has 0 atom stereocenters. The molecular weight excluding hydrogens is 478 g/mol. The second-order valence-corrected chi connectivity index (χ2v) is 7.38. The maximum Gasteiger partial charge on any atom is 0.413 e. The summed E-state index contributed by atoms with van der Waals surface area (Å²) >= 11 is 3.20. The molecule has 2 heterocycles. The summed E-state index contributed by atoms with van der Waals surface area (Å²) in [5.74, 6) is -1.31. The van der Waals surface area contributed by atoms with Gasteiger partial charge in [-0.1, -0.05) is 0 Å². The van der Waals surface area contributed by atoms with Gasteiger partial charge >= 0.3 is 6.09 Å². The number of hydrogen-bond acceptors (Lipinski definition) is 5. The van der Waals surface area contributed by atoms with E-state index in [9.17, 15) is 18.4 Å². The van der Waals surface area contributed by atoms with Crippen LogP contribution >= 0.6 is 15.9 Å². The molecule has 0 saturated carbocycles. The highest BCUT2D eigenvalue weighted by atomic mass is 79.9. The zero-order chi connectivity index (χ0) is 22.7. The number of aryl methyl sites for hydroxylation is 1. The quantitative estimate of drug-likeness (QED) is 0.539. The molecule has 1 aromatic carbocycles. The molecule has 2 aromatic heterocycles. The number of benzene rings is 1. The van der Waals surface area contributed by atoms with Crippen molar-refractivity contribution >= 4 is 28.0 Å². The predicted octanol–water partition coefficient (Wildman–Crippen LogP) is 3.80. The highest BCUT2D eigenvalue weighted by molar-refractivity contribution is 9.10. The number of aromatic nitrogens is 3. The molecule has 0 spiro atoms. The van der Waals surface area contributed by atoms with Crippen molar-refractivity contribution in [3.05, 3.63) is 79.4 Å². The number of carboxylic acid groups (broad SMARTS) is 1. The van der Waals surface area contributed by atoms with Crippen LogP contribution in [0.25, 0.3) is 0 Å². The van der Waals surface area contributed by atoms with Crippen molar-refractivity contribution in [1.82, 2.24) is 15.0 Å². The minimum absolute atomic E-state index is 0.0120. The summed E-state index contributed by atoms with van der Waals surface area (Å²) in [7, 11) is 1.31. The van der Waals surface area contributed by atoms with Gasteiger partial charge in [0.1, 0.15) is 28.5 Å². The first-order valence-electron chi connectivity index (χ1n) is 8.94. The molecule has 162 valence electrons. The van der Waals surface area contributed by atoms with Gasteiger partial charge in [0.05, 0.1) is 5.69 Å². The lowest BCUT2D eigenvalue weighted by Crippen LogP contribution is -2.26. The molecule has 0 aliphatic carbocycles. The molecule has 3 rings (SSSR count). The first-order chi connectivity index (χ1) is 14.7. The topological polar surface area (TPSA) is 108 Å². The van der Waals surface area contributed by atoms with Gasteiger partial charge in [-0.15, -0.1) is 0 Å². The van der Waals surface area contributed by atoms with Crippen LogP contribution in [0.1, 0.15) is 22.5 Å². The molecular formula is C20H17BrF2N4O4. The lowest BCUT2D eigenvalue weighted by Gasteiger charge is -2.16. The van der Waals surface area contributed by atoms with Crippen molar-refractivity contribution in [2.24, 2.45) is 0 Å². The minimum atomic E-state index is -1.22. The molecule has 0 aliphatic rings. The molecule has 31 heavy (non-hydrogen) atoms. The van der Waals surface area contributed by atoms with Crippen LogP contribution in [-0.4, -0.2) is 33.2 Å². The van der Waals surface area contributed by atoms with Crippen molar-refractivity contribution in [2.45, 2.75) is 20.0 Å². The number of nitrogens with zero attached hydrogens (tertiary/aromatic N) is 3. The van der Waals surface area contributed by atoms with Crippen molar-refractivity contribution in [3.63, 3.8) is 0 Å². The summed E-state index contributed by atoms with van der Waals surface area (Å²) in [5.41, 5.74) is 1.19. The van der Waals surface area contributed by atoms with Crippen LogP contribution in [0.4, 0.5) is 19.5 Å². The highest BCUT2D eigenvalue weighted by Gasteiger charge is 2.19. The zero-order valence-corrected chi connectivity index (χ0v) is 18.0. The van der Waals surface area contributed by atoms with Gasteiger partial charge in [-0.05, 0) is 41.1 Å². The Morgan fingerprint density at radius 1 is 1.32 bits per heavy atom. The molecule has 0 saturated heterocycles. The Balaban J connectivity index is 1.95. The van der Waals surface area contributed by atoms with Gasteiger partial charge in [0.15, 0.2) is 0 Å². The van der Waals surface area contributed by atoms with Crippen molar-refractivity contribution in [3.8, 4) is 5.75 Å². The van der Waals surface area contributed by atoms with Crippen molar-refractivity contribution < 1.29 is 23.4 Å². The maximum atomic E-state index is 14.0. The molecule has 11 heteroatoms. The molecule has 0 aliphatic heterocycles. The van der Waals surface area contributed by atoms with Crippen LogP contribution in [0.5, 0.6) is 5.75 Å². The van der Waals surface area contributed by atoms with Gasteiger partial charge < -0.3 is 14.8 Å². The lowest BCUT2D eigenvalue weighted by molar-refractivity contribution is 0.203. The largest absolute Gasteiger partial charge is 0.487 e. The number of ether oxygens (including phenoxy) is 1. The van der Waals surface area contributed by atoms with Gasteiger partial charge in [-0.2, -0.15) is 0 Å². The van der Waals surface area contributed by atoms with Crippen LogP contribution in [-0.2, 0) is 13.0 Å². The third kappa shape index (κ3) is 5.05. The second kappa shape index (κ2) is 9.21. The van der Waals surface area contributed by atoms with E-state index < -0.39 is 23.3 Å². The normalized spacial score (nSPS) is 10.7. The maximum absolute atomic E-state index is 14.0. The Labute approximate surface area is 183 Å². The van der Waals surface area contributed by atoms with Crippen molar-refractivity contribution in [1.29, 1.82) is 0 Å². The van der Waals surface area contributed by atoms with E-state index in [2.05, 4.69) is 30.9 Å². The van der Waals surface area contributed by atoms with Gasteiger partial charge in [-0.25, -0.2) is 28.4 Å². The molecule has 0 radical (unpaired) electrons. The molecule has 1 amide bonds. The number of pyridine rings is 1. The third-order valence-electron chi connectivity index (χ3n) is 4.46. The van der Waals surface area contributed by atoms with E-state index in [1.807, 2.05) is 0 Å². The minimum Gasteiger partial charge on any atom is -0.487 e. The summed E-state index contributed by atoms with van der Waals surface area (Å²) in [6.45, 7) is 1.43. The first kappa shape index (κ1) is 22.3. The summed E-state index contributed by atoms with van der Waals surface area (Å²) in [4.78, 5) is 35.1. The molecule has 8 nitrogen and oxygen atoms in total. The van der Waals surface area contributed by atoms with E-state index in [1.165, 1.54) is 19.3 Å². The number of amides is 1. The van der Waals surface area contributed by atoms with Crippen LogP contribution in [0, 0.1) is 18.6 Å². The zero-order valence-electron chi connectivity index (χ0n) is 16.4. The van der Waals surface area contributed by atoms with E-state index in [4.69, 9.17) is 9.84 Å². The van der Waals surface area contributed by atoms with Crippen LogP contribution in [0.2, 0.25) is 0 Å². The number of carbonyl (C=O) groups is 1. The Morgan fingerprint density at radius 3 is 2.74 bits per heavy atom. The van der Waals surface area contributed by atoms with E-state index in [0.29, 0.717) is 17.0 Å². The van der Waals surface area contributed by atoms with Gasteiger partial charge in [-0.3, -0.25) is 4.79 Å². The SMILES string of the molecule is Cc1[nH]c(=O)c(Br)c(OCc2ccc(F)cc2F)c1Cc1ccnc(N(C)C(=O)O)n1. The van der Waals surface area contributed by atoms with Crippen LogP contribution in [0.3, 0.4) is 0 Å². The molecule has 2 N–H and O–H groups in total. The number of nitrogens with one attached hydrogen (secondary N) is 1. The summed E-state index contributed by atoms with van der Waals surface area (Å²) in [5, 5.41) is 9.11. The van der Waals surface area contributed by atoms with E-state index in [1.54, 1.807) is 13.0 Å². The Bertz CT molecular complexity index is 1200. The fourth-order valence-electron chi connectivity index (χ4n) is 2.77. The van der Waals surface area contributed by atoms with Gasteiger partial charge in [0, 0.05) is 42.6 Å². The van der Waals surface area contributed by atoms with E-state index in [-0.39, 0.29) is 34.8 Å². The second-order valence-electron chi connectivity index (χ2n) is 6.59. The number of halogens is 3. The molecule has 0 fully saturated rings. The van der Waals surface area contributed by atoms with Crippen molar-refractivity contribution in [2.75, 3.05) is 11.9 Å². The monoisotopic (exact) mass is 494 g/mol. The summed E-state index contributed by atoms with van der Waals surface area (Å²) in [6, 6.07) is 4.72. The standard InChI is InChI=1S/C20H17BrF2N4O4/c1-10-14(8-13-5-6-24-19(26-13)27(2)20(29)30)17(16(21)18(28)25-10)31-9-11-3-4-12(22)7-15(11)23/h3-7H,8-9H2,1-2H3,(H,25,28)(H,29,30). The Kier molecular flexibility index (Phi) is 6.64. The Hall–Kier alpha value is -3.34. The number of aromatic amines is 1. The fraction of sp³-hybridized carbons (Fsp3) is 0.200. The molecule has 0 bridgehead atoms. The number of rotatable bonds is 6. The summed E-state index contributed by atoms with van der Waals surface area (Å²) < 4.78 is 33.0. The van der Waals surface area contributed by atoms with Crippen LogP contribution in [0.15, 0.2) is 39.7 Å². The molecule has 3 aromatic rings. The van der Waals surface area contributed by atoms with Gasteiger partial charge in [0.25, 0.3) is 5.56 Å². The first-order valence-corrected chi connectivity index (χ1v) is 9.73. The predicted molar refractivity (Wildman–Crippen MR) is 111 cm³/mol. The summed E-state index contributed by atoms with van der Waals surface area (Å²) in [6.07, 6.45) is 0.373. The molecule has 0 unspecified atom stereocenters. The number of H-pyrrole nitrogens is 1. The fourth-order valence-corrected chi connectivity index (χ4v) is 3.22. The Morgan fingerprint density at radius 2 is 2.06 bits per heavy atom. The average molecular weight is 495 g/mol.